The topological polar surface area (TPSA) is 102 Å². The summed E-state index contributed by atoms with van der Waals surface area (Å²) in [6.45, 7) is 0.932. The summed E-state index contributed by atoms with van der Waals surface area (Å²) in [4.78, 5) is 16.0. The predicted molar refractivity (Wildman–Crippen MR) is 110 cm³/mol. The molecule has 0 atom stereocenters. The van der Waals surface area contributed by atoms with E-state index < -0.39 is 22.1 Å². The first-order chi connectivity index (χ1) is 15.1. The molecule has 1 aromatic heterocycles. The molecule has 0 fully saturated rings. The molecule has 32 heavy (non-hydrogen) atoms. The number of nitrogens with one attached hydrogen (secondary N) is 2. The highest BCUT2D eigenvalue weighted by Crippen LogP contribution is 2.23. The first kappa shape index (κ1) is 23.5. The van der Waals surface area contributed by atoms with Crippen LogP contribution in [0.2, 0.25) is 0 Å². The van der Waals surface area contributed by atoms with Gasteiger partial charge in [0.15, 0.2) is 0 Å². The number of carbonyl (C=O) groups excluding carboxylic acids is 1. The van der Waals surface area contributed by atoms with E-state index in [-0.39, 0.29) is 23.8 Å². The average molecular weight is 470 g/mol. The molecule has 0 unspecified atom stereocenters. The van der Waals surface area contributed by atoms with Crippen molar-refractivity contribution in [2.24, 2.45) is 0 Å². The Kier molecular flexibility index (Phi) is 7.36. The number of fused-ring (bicyclic) bond motifs is 1. The number of rotatable bonds is 10. The van der Waals surface area contributed by atoms with Crippen LogP contribution in [0.1, 0.15) is 12.8 Å². The van der Waals surface area contributed by atoms with Crippen molar-refractivity contribution < 1.29 is 31.1 Å². The summed E-state index contributed by atoms with van der Waals surface area (Å²) in [5, 5.41) is 2.72. The number of benzene rings is 2. The number of aromatic nitrogens is 2. The molecule has 1 amide bonds. The van der Waals surface area contributed by atoms with E-state index in [4.69, 9.17) is 0 Å². The van der Waals surface area contributed by atoms with E-state index in [1.54, 1.807) is 6.33 Å². The third-order valence-corrected chi connectivity index (χ3v) is 5.91. The Morgan fingerprint density at radius 2 is 1.78 bits per heavy atom. The van der Waals surface area contributed by atoms with Gasteiger partial charge in [-0.25, -0.2) is 18.1 Å². The Balaban J connectivity index is 1.38. The zero-order valence-corrected chi connectivity index (χ0v) is 17.6. The number of aryl methyl sites for hydroxylation is 1. The molecule has 0 aliphatic heterocycles. The number of amides is 1. The first-order valence-electron chi connectivity index (χ1n) is 9.66. The van der Waals surface area contributed by atoms with Crippen LogP contribution in [0.5, 0.6) is 5.75 Å². The Labute approximate surface area is 182 Å². The molecule has 0 radical (unpaired) electrons. The minimum Gasteiger partial charge on any atom is -0.406 e. The summed E-state index contributed by atoms with van der Waals surface area (Å²) in [7, 11) is -3.97. The number of imidazole rings is 1. The van der Waals surface area contributed by atoms with Gasteiger partial charge in [-0.1, -0.05) is 12.1 Å². The molecule has 8 nitrogen and oxygen atoms in total. The summed E-state index contributed by atoms with van der Waals surface area (Å²) >= 11 is 0. The standard InChI is InChI=1S/C20H21F3N4O4S/c21-20(22,23)31-15-6-8-16(9-7-15)32(29,30)26-12-10-19(28)24-11-3-13-27-14-25-17-4-1-2-5-18(17)27/h1-2,4-9,14,26H,3,10-13H2,(H,24,28). The summed E-state index contributed by atoms with van der Waals surface area (Å²) in [6, 6.07) is 11.5. The van der Waals surface area contributed by atoms with Crippen molar-refractivity contribution >= 4 is 27.0 Å². The Morgan fingerprint density at radius 1 is 1.06 bits per heavy atom. The number of ether oxygens (including phenoxy) is 1. The van der Waals surface area contributed by atoms with Crippen molar-refractivity contribution in [3.05, 3.63) is 54.9 Å². The fourth-order valence-corrected chi connectivity index (χ4v) is 3.99. The van der Waals surface area contributed by atoms with Crippen LogP contribution in [0, 0.1) is 0 Å². The molecule has 3 rings (SSSR count). The van der Waals surface area contributed by atoms with E-state index in [0.717, 1.165) is 35.3 Å². The van der Waals surface area contributed by atoms with Gasteiger partial charge in [0.1, 0.15) is 5.75 Å². The van der Waals surface area contributed by atoms with E-state index in [9.17, 15) is 26.4 Å². The van der Waals surface area contributed by atoms with E-state index in [2.05, 4.69) is 19.8 Å². The molecule has 12 heteroatoms. The van der Waals surface area contributed by atoms with Gasteiger partial charge in [0.05, 0.1) is 22.3 Å². The Bertz CT molecular complexity index is 1160. The van der Waals surface area contributed by atoms with Gasteiger partial charge >= 0.3 is 6.36 Å². The highest BCUT2D eigenvalue weighted by molar-refractivity contribution is 7.89. The minimum absolute atomic E-state index is 0.0808. The van der Waals surface area contributed by atoms with Crippen LogP contribution in [-0.2, 0) is 21.4 Å². The maximum absolute atomic E-state index is 12.2. The number of sulfonamides is 1. The smallest absolute Gasteiger partial charge is 0.406 e. The number of hydrogen-bond acceptors (Lipinski definition) is 5. The van der Waals surface area contributed by atoms with Crippen LogP contribution < -0.4 is 14.8 Å². The largest absolute Gasteiger partial charge is 0.573 e. The van der Waals surface area contributed by atoms with Crippen molar-refractivity contribution in [2.45, 2.75) is 30.6 Å². The molecule has 3 aromatic rings. The van der Waals surface area contributed by atoms with Gasteiger partial charge in [0, 0.05) is 26.1 Å². The second-order valence-corrected chi connectivity index (χ2v) is 8.56. The van der Waals surface area contributed by atoms with Crippen molar-refractivity contribution in [1.29, 1.82) is 0 Å². The Morgan fingerprint density at radius 3 is 2.50 bits per heavy atom. The van der Waals surface area contributed by atoms with Gasteiger partial charge in [0.2, 0.25) is 15.9 Å². The van der Waals surface area contributed by atoms with Gasteiger partial charge in [0.25, 0.3) is 0 Å². The maximum atomic E-state index is 12.2. The summed E-state index contributed by atoms with van der Waals surface area (Å²) in [6.07, 6.45) is -2.53. The molecule has 172 valence electrons. The summed E-state index contributed by atoms with van der Waals surface area (Å²) < 4.78 is 68.8. The molecule has 1 heterocycles. The van der Waals surface area contributed by atoms with Crippen molar-refractivity contribution in [1.82, 2.24) is 19.6 Å². The summed E-state index contributed by atoms with van der Waals surface area (Å²) in [5.41, 5.74) is 1.90. The maximum Gasteiger partial charge on any atom is 0.573 e. The zero-order valence-electron chi connectivity index (χ0n) is 16.8. The fraction of sp³-hybridized carbons (Fsp3) is 0.300. The fourth-order valence-electron chi connectivity index (χ4n) is 2.96. The van der Waals surface area contributed by atoms with Crippen LogP contribution in [0.3, 0.4) is 0 Å². The lowest BCUT2D eigenvalue weighted by Gasteiger charge is -2.10. The van der Waals surface area contributed by atoms with E-state index in [1.807, 2.05) is 28.8 Å². The van der Waals surface area contributed by atoms with Crippen LogP contribution in [-0.4, -0.2) is 43.3 Å². The van der Waals surface area contributed by atoms with Crippen molar-refractivity contribution in [3.63, 3.8) is 0 Å². The molecule has 0 bridgehead atoms. The molecular weight excluding hydrogens is 449 g/mol. The summed E-state index contributed by atoms with van der Waals surface area (Å²) in [5.74, 6) is -0.850. The lowest BCUT2D eigenvalue weighted by molar-refractivity contribution is -0.274. The molecular formula is C20H21F3N4O4S. The molecule has 0 aliphatic carbocycles. The predicted octanol–water partition coefficient (Wildman–Crippen LogP) is 2.81. The molecule has 0 aliphatic rings. The number of hydrogen-bond donors (Lipinski definition) is 2. The third kappa shape index (κ3) is 6.69. The van der Waals surface area contributed by atoms with Crippen LogP contribution in [0.25, 0.3) is 11.0 Å². The number of carbonyl (C=O) groups is 1. The van der Waals surface area contributed by atoms with Crippen LogP contribution >= 0.6 is 0 Å². The minimum atomic E-state index is -4.86. The SMILES string of the molecule is O=C(CCNS(=O)(=O)c1ccc(OC(F)(F)F)cc1)NCCCn1cnc2ccccc21. The van der Waals surface area contributed by atoms with E-state index in [0.29, 0.717) is 19.5 Å². The van der Waals surface area contributed by atoms with Crippen LogP contribution in [0.4, 0.5) is 13.2 Å². The van der Waals surface area contributed by atoms with Gasteiger partial charge in [-0.15, -0.1) is 13.2 Å². The molecule has 2 N–H and O–H groups in total. The first-order valence-corrected chi connectivity index (χ1v) is 11.1. The average Bonchev–Trinajstić information content (AvgIpc) is 3.13. The van der Waals surface area contributed by atoms with E-state index >= 15 is 0 Å². The van der Waals surface area contributed by atoms with Crippen LogP contribution in [0.15, 0.2) is 59.8 Å². The van der Waals surface area contributed by atoms with Gasteiger partial charge in [-0.05, 0) is 42.8 Å². The lowest BCUT2D eigenvalue weighted by atomic mass is 10.3. The molecule has 0 spiro atoms. The van der Waals surface area contributed by atoms with Gasteiger partial charge in [-0.2, -0.15) is 0 Å². The number of halogens is 3. The number of alkyl halides is 3. The molecule has 2 aromatic carbocycles. The highest BCUT2D eigenvalue weighted by atomic mass is 32.2. The van der Waals surface area contributed by atoms with E-state index in [1.165, 1.54) is 0 Å². The molecule has 0 saturated heterocycles. The normalized spacial score (nSPS) is 12.1. The number of nitrogens with zero attached hydrogens (tertiary/aromatic N) is 2. The monoisotopic (exact) mass is 470 g/mol. The second kappa shape index (κ2) is 10.0. The zero-order chi connectivity index (χ0) is 23.2. The second-order valence-electron chi connectivity index (χ2n) is 6.80. The lowest BCUT2D eigenvalue weighted by Crippen LogP contribution is -2.31. The Hall–Kier alpha value is -3.12. The van der Waals surface area contributed by atoms with Crippen molar-refractivity contribution in [3.8, 4) is 5.75 Å². The molecule has 0 saturated carbocycles. The van der Waals surface area contributed by atoms with Gasteiger partial charge < -0.3 is 14.6 Å². The quantitative estimate of drug-likeness (QED) is 0.444. The third-order valence-electron chi connectivity index (χ3n) is 4.44. The number of para-hydroxylation sites is 2. The van der Waals surface area contributed by atoms with Gasteiger partial charge in [-0.3, -0.25) is 4.79 Å². The van der Waals surface area contributed by atoms with Crippen molar-refractivity contribution in [2.75, 3.05) is 13.1 Å². The highest BCUT2D eigenvalue weighted by Gasteiger charge is 2.31.